The van der Waals surface area contributed by atoms with Gasteiger partial charge in [-0.25, -0.2) is 4.98 Å². The van der Waals surface area contributed by atoms with Crippen molar-refractivity contribution in [2.75, 3.05) is 18.4 Å². The van der Waals surface area contributed by atoms with E-state index < -0.39 is 0 Å². The number of aromatic nitrogens is 3. The fourth-order valence-corrected chi connectivity index (χ4v) is 1.79. The Morgan fingerprint density at radius 1 is 1.40 bits per heavy atom. The molecule has 0 radical (unpaired) electrons. The lowest BCUT2D eigenvalue weighted by molar-refractivity contribution is -0.115. The van der Waals surface area contributed by atoms with Gasteiger partial charge in [-0.2, -0.15) is 5.10 Å². The number of aryl methyl sites for hydroxylation is 1. The van der Waals surface area contributed by atoms with Gasteiger partial charge < -0.3 is 10.6 Å². The fraction of sp³-hybridized carbons (Fsp3) is 0.357. The van der Waals surface area contributed by atoms with Gasteiger partial charge in [-0.1, -0.05) is 19.1 Å². The maximum absolute atomic E-state index is 11.7. The van der Waals surface area contributed by atoms with Crippen molar-refractivity contribution in [3.63, 3.8) is 0 Å². The van der Waals surface area contributed by atoms with Gasteiger partial charge in [0.15, 0.2) is 5.82 Å². The number of H-pyrrole nitrogens is 1. The molecule has 2 aromatic rings. The molecule has 1 heterocycles. The lowest BCUT2D eigenvalue weighted by Crippen LogP contribution is -2.28. The first-order chi connectivity index (χ1) is 9.69. The molecular formula is C14H19N5O. The van der Waals surface area contributed by atoms with Crippen LogP contribution in [0.1, 0.15) is 19.2 Å². The van der Waals surface area contributed by atoms with E-state index in [1.165, 1.54) is 0 Å². The molecule has 0 atom stereocenters. The van der Waals surface area contributed by atoms with E-state index in [4.69, 9.17) is 0 Å². The Bertz CT molecular complexity index is 578. The summed E-state index contributed by atoms with van der Waals surface area (Å²) in [4.78, 5) is 16.0. The van der Waals surface area contributed by atoms with Gasteiger partial charge in [0.2, 0.25) is 5.91 Å². The molecule has 106 valence electrons. The molecule has 0 aliphatic rings. The van der Waals surface area contributed by atoms with Gasteiger partial charge in [-0.3, -0.25) is 9.89 Å². The largest absolute Gasteiger partial charge is 0.325 e. The first-order valence-corrected chi connectivity index (χ1v) is 6.69. The zero-order valence-electron chi connectivity index (χ0n) is 11.7. The molecule has 0 aliphatic carbocycles. The molecule has 0 unspecified atom stereocenters. The van der Waals surface area contributed by atoms with Crippen LogP contribution in [0.25, 0.3) is 11.4 Å². The van der Waals surface area contributed by atoms with Gasteiger partial charge in [0.25, 0.3) is 0 Å². The van der Waals surface area contributed by atoms with Gasteiger partial charge in [0.05, 0.1) is 6.54 Å². The van der Waals surface area contributed by atoms with Crippen molar-refractivity contribution < 1.29 is 4.79 Å². The van der Waals surface area contributed by atoms with Gasteiger partial charge in [0.1, 0.15) is 5.82 Å². The van der Waals surface area contributed by atoms with Gasteiger partial charge >= 0.3 is 0 Å². The third kappa shape index (κ3) is 3.89. The van der Waals surface area contributed by atoms with E-state index in [0.717, 1.165) is 30.0 Å². The van der Waals surface area contributed by atoms with Crippen LogP contribution in [-0.2, 0) is 4.79 Å². The predicted molar refractivity (Wildman–Crippen MR) is 78.3 cm³/mol. The van der Waals surface area contributed by atoms with Crippen LogP contribution in [0, 0.1) is 6.92 Å². The molecule has 0 saturated heterocycles. The van der Waals surface area contributed by atoms with E-state index in [9.17, 15) is 4.79 Å². The monoisotopic (exact) mass is 273 g/mol. The third-order valence-electron chi connectivity index (χ3n) is 2.71. The summed E-state index contributed by atoms with van der Waals surface area (Å²) in [6, 6.07) is 7.49. The molecule has 2 rings (SSSR count). The number of carbonyl (C=O) groups is 1. The second kappa shape index (κ2) is 6.81. The second-order valence-electron chi connectivity index (χ2n) is 4.55. The number of benzene rings is 1. The lowest BCUT2D eigenvalue weighted by atomic mass is 10.2. The maximum atomic E-state index is 11.7. The first-order valence-electron chi connectivity index (χ1n) is 6.69. The van der Waals surface area contributed by atoms with Gasteiger partial charge in [0, 0.05) is 11.3 Å². The molecule has 0 fully saturated rings. The Morgan fingerprint density at radius 3 is 2.95 bits per heavy atom. The van der Waals surface area contributed by atoms with Crippen LogP contribution < -0.4 is 10.6 Å². The zero-order chi connectivity index (χ0) is 14.4. The Labute approximate surface area is 118 Å². The summed E-state index contributed by atoms with van der Waals surface area (Å²) in [5.41, 5.74) is 1.61. The smallest absolute Gasteiger partial charge is 0.238 e. The molecule has 0 saturated carbocycles. The minimum absolute atomic E-state index is 0.0539. The van der Waals surface area contributed by atoms with E-state index in [2.05, 4.69) is 32.7 Å². The Morgan fingerprint density at radius 2 is 2.25 bits per heavy atom. The normalized spacial score (nSPS) is 10.5. The number of hydrogen-bond donors (Lipinski definition) is 3. The topological polar surface area (TPSA) is 82.7 Å². The molecule has 3 N–H and O–H groups in total. The van der Waals surface area contributed by atoms with Gasteiger partial charge in [-0.05, 0) is 32.0 Å². The SMILES string of the molecule is CCCNCC(=O)Nc1cccc(-c2n[nH]c(C)n2)c1. The number of nitrogens with one attached hydrogen (secondary N) is 3. The van der Waals surface area contributed by atoms with Crippen LogP contribution in [0.15, 0.2) is 24.3 Å². The van der Waals surface area contributed by atoms with E-state index in [0.29, 0.717) is 12.4 Å². The Kier molecular flexibility index (Phi) is 4.84. The molecule has 1 aromatic heterocycles. The van der Waals surface area contributed by atoms with Crippen molar-refractivity contribution in [2.45, 2.75) is 20.3 Å². The van der Waals surface area contributed by atoms with Crippen molar-refractivity contribution in [3.05, 3.63) is 30.1 Å². The molecule has 0 bridgehead atoms. The Balaban J connectivity index is 2.01. The molecule has 6 nitrogen and oxygen atoms in total. The van der Waals surface area contributed by atoms with Crippen LogP contribution in [-0.4, -0.2) is 34.2 Å². The average Bonchev–Trinajstić information content (AvgIpc) is 2.86. The standard InChI is InChI=1S/C14H19N5O/c1-3-7-15-9-13(20)17-12-6-4-5-11(8-12)14-16-10(2)18-19-14/h4-6,8,15H,3,7,9H2,1-2H3,(H,17,20)(H,16,18,19). The maximum Gasteiger partial charge on any atom is 0.238 e. The zero-order valence-corrected chi connectivity index (χ0v) is 11.7. The van der Waals surface area contributed by atoms with Gasteiger partial charge in [-0.15, -0.1) is 0 Å². The second-order valence-corrected chi connectivity index (χ2v) is 4.55. The van der Waals surface area contributed by atoms with Crippen LogP contribution in [0.5, 0.6) is 0 Å². The number of amides is 1. The summed E-state index contributed by atoms with van der Waals surface area (Å²) in [6.45, 7) is 5.07. The van der Waals surface area contributed by atoms with Crippen LogP contribution in [0.2, 0.25) is 0 Å². The minimum atomic E-state index is -0.0539. The molecule has 0 spiro atoms. The third-order valence-corrected chi connectivity index (χ3v) is 2.71. The molecule has 1 aromatic carbocycles. The molecule has 20 heavy (non-hydrogen) atoms. The van der Waals surface area contributed by atoms with Crippen molar-refractivity contribution in [1.29, 1.82) is 0 Å². The minimum Gasteiger partial charge on any atom is -0.325 e. The highest BCUT2D eigenvalue weighted by molar-refractivity contribution is 5.92. The van der Waals surface area contributed by atoms with Crippen molar-refractivity contribution in [3.8, 4) is 11.4 Å². The number of nitrogens with zero attached hydrogens (tertiary/aromatic N) is 2. The fourth-order valence-electron chi connectivity index (χ4n) is 1.79. The number of aromatic amines is 1. The number of rotatable bonds is 6. The van der Waals surface area contributed by atoms with Crippen molar-refractivity contribution in [2.24, 2.45) is 0 Å². The summed E-state index contributed by atoms with van der Waals surface area (Å²) >= 11 is 0. The van der Waals surface area contributed by atoms with Crippen LogP contribution >= 0.6 is 0 Å². The molecule has 1 amide bonds. The van der Waals surface area contributed by atoms with E-state index in [1.54, 1.807) is 0 Å². The van der Waals surface area contributed by atoms with Crippen molar-refractivity contribution >= 4 is 11.6 Å². The highest BCUT2D eigenvalue weighted by atomic mass is 16.1. The number of anilines is 1. The molecule has 6 heteroatoms. The van der Waals surface area contributed by atoms with Crippen molar-refractivity contribution in [1.82, 2.24) is 20.5 Å². The number of hydrogen-bond acceptors (Lipinski definition) is 4. The summed E-state index contributed by atoms with van der Waals surface area (Å²) in [7, 11) is 0. The summed E-state index contributed by atoms with van der Waals surface area (Å²) in [5, 5.41) is 12.8. The summed E-state index contributed by atoms with van der Waals surface area (Å²) in [5.74, 6) is 1.34. The highest BCUT2D eigenvalue weighted by Gasteiger charge is 2.06. The Hall–Kier alpha value is -2.21. The van der Waals surface area contributed by atoms with E-state index in [1.807, 2.05) is 31.2 Å². The lowest BCUT2D eigenvalue weighted by Gasteiger charge is -2.07. The first kappa shape index (κ1) is 14.2. The average molecular weight is 273 g/mol. The quantitative estimate of drug-likeness (QED) is 0.700. The molecule has 0 aliphatic heterocycles. The number of carbonyl (C=O) groups excluding carboxylic acids is 1. The van der Waals surface area contributed by atoms with Crippen LogP contribution in [0.3, 0.4) is 0 Å². The molecular weight excluding hydrogens is 254 g/mol. The van der Waals surface area contributed by atoms with E-state index >= 15 is 0 Å². The summed E-state index contributed by atoms with van der Waals surface area (Å²) < 4.78 is 0. The highest BCUT2D eigenvalue weighted by Crippen LogP contribution is 2.19. The summed E-state index contributed by atoms with van der Waals surface area (Å²) in [6.07, 6.45) is 1.01. The predicted octanol–water partition coefficient (Wildman–Crippen LogP) is 1.72. The van der Waals surface area contributed by atoms with Crippen LogP contribution in [0.4, 0.5) is 5.69 Å². The van der Waals surface area contributed by atoms with E-state index in [-0.39, 0.29) is 5.91 Å².